The first kappa shape index (κ1) is 14.2. The molecule has 1 N–H and O–H groups in total. The summed E-state index contributed by atoms with van der Waals surface area (Å²) >= 11 is 0. The van der Waals surface area contributed by atoms with Crippen molar-refractivity contribution in [2.75, 3.05) is 13.1 Å². The van der Waals surface area contributed by atoms with E-state index in [4.69, 9.17) is 0 Å². The Morgan fingerprint density at radius 3 is 2.86 bits per heavy atom. The third-order valence-corrected chi connectivity index (χ3v) is 4.70. The van der Waals surface area contributed by atoms with E-state index in [1.54, 1.807) is 6.20 Å². The Labute approximate surface area is 125 Å². The monoisotopic (exact) mass is 282 g/mol. The van der Waals surface area contributed by atoms with Crippen LogP contribution in [0.25, 0.3) is 10.8 Å². The van der Waals surface area contributed by atoms with E-state index in [-0.39, 0.29) is 5.41 Å². The van der Waals surface area contributed by atoms with Gasteiger partial charge in [0.1, 0.15) is 0 Å². The highest BCUT2D eigenvalue weighted by molar-refractivity contribution is 6.10. The summed E-state index contributed by atoms with van der Waals surface area (Å²) in [6.07, 6.45) is 7.51. The lowest BCUT2D eigenvalue weighted by atomic mass is 9.70. The zero-order chi connectivity index (χ0) is 14.7. The van der Waals surface area contributed by atoms with Crippen LogP contribution < -0.4 is 5.32 Å². The number of Topliss-reactive ketones (excluding diaryl/α,β-unsaturated/α-hetero) is 1. The van der Waals surface area contributed by atoms with E-state index in [0.717, 1.165) is 55.1 Å². The molecule has 0 radical (unpaired) electrons. The van der Waals surface area contributed by atoms with Gasteiger partial charge in [0.05, 0.1) is 0 Å². The molecule has 0 bridgehead atoms. The Balaban J connectivity index is 2.06. The third kappa shape index (κ3) is 2.58. The van der Waals surface area contributed by atoms with Crippen molar-refractivity contribution in [1.29, 1.82) is 0 Å². The third-order valence-electron chi connectivity index (χ3n) is 4.70. The van der Waals surface area contributed by atoms with Gasteiger partial charge in [-0.15, -0.1) is 0 Å². The van der Waals surface area contributed by atoms with Gasteiger partial charge in [-0.25, -0.2) is 0 Å². The number of piperidine rings is 1. The van der Waals surface area contributed by atoms with Crippen molar-refractivity contribution in [2.45, 2.75) is 32.6 Å². The lowest BCUT2D eigenvalue weighted by molar-refractivity contribution is 0.0706. The largest absolute Gasteiger partial charge is 0.317 e. The molecule has 0 aliphatic carbocycles. The summed E-state index contributed by atoms with van der Waals surface area (Å²) in [7, 11) is 0. The lowest BCUT2D eigenvalue weighted by Crippen LogP contribution is -2.42. The lowest BCUT2D eigenvalue weighted by Gasteiger charge is -2.36. The molecule has 0 spiro atoms. The highest BCUT2D eigenvalue weighted by atomic mass is 16.1. The second-order valence-electron chi connectivity index (χ2n) is 6.01. The average molecular weight is 282 g/mol. The molecule has 1 saturated heterocycles. The maximum absolute atomic E-state index is 13.3. The Hall–Kier alpha value is -1.74. The molecule has 3 rings (SSSR count). The van der Waals surface area contributed by atoms with Gasteiger partial charge in [0.2, 0.25) is 0 Å². The van der Waals surface area contributed by atoms with Gasteiger partial charge in [0.15, 0.2) is 5.78 Å². The highest BCUT2D eigenvalue weighted by Crippen LogP contribution is 2.38. The number of benzene rings is 1. The summed E-state index contributed by atoms with van der Waals surface area (Å²) in [4.78, 5) is 17.5. The number of carbonyl (C=O) groups is 1. The summed E-state index contributed by atoms with van der Waals surface area (Å²) in [5, 5.41) is 5.46. The first-order valence-electron chi connectivity index (χ1n) is 7.85. The molecule has 1 aromatic carbocycles. The molecule has 0 amide bonds. The Bertz CT molecular complexity index is 634. The maximum Gasteiger partial charge on any atom is 0.169 e. The molecule has 2 heterocycles. The fraction of sp³-hybridized carbons (Fsp3) is 0.444. The molecular formula is C18H22N2O. The van der Waals surface area contributed by atoms with Crippen LogP contribution in [0.1, 0.15) is 43.0 Å². The van der Waals surface area contributed by atoms with Gasteiger partial charge in [-0.3, -0.25) is 9.78 Å². The van der Waals surface area contributed by atoms with Gasteiger partial charge in [-0.05, 0) is 43.8 Å². The van der Waals surface area contributed by atoms with Gasteiger partial charge in [0, 0.05) is 28.8 Å². The van der Waals surface area contributed by atoms with Crippen LogP contribution in [-0.4, -0.2) is 23.9 Å². The molecule has 1 fully saturated rings. The summed E-state index contributed by atoms with van der Waals surface area (Å²) in [5.41, 5.74) is 0.653. The SMILES string of the molecule is CCCC1(C(=O)c2cccc3ccncc23)CCNCC1. The zero-order valence-corrected chi connectivity index (χ0v) is 12.6. The number of nitrogens with one attached hydrogen (secondary N) is 1. The molecular weight excluding hydrogens is 260 g/mol. The number of fused-ring (bicyclic) bond motifs is 1. The molecule has 0 saturated carbocycles. The Kier molecular flexibility index (Phi) is 4.02. The van der Waals surface area contributed by atoms with Gasteiger partial charge in [-0.1, -0.05) is 31.5 Å². The van der Waals surface area contributed by atoms with Crippen molar-refractivity contribution in [3.8, 4) is 0 Å². The van der Waals surface area contributed by atoms with E-state index >= 15 is 0 Å². The topological polar surface area (TPSA) is 42.0 Å². The zero-order valence-electron chi connectivity index (χ0n) is 12.6. The van der Waals surface area contributed by atoms with Crippen LogP contribution >= 0.6 is 0 Å². The van der Waals surface area contributed by atoms with Crippen molar-refractivity contribution >= 4 is 16.6 Å². The van der Waals surface area contributed by atoms with Crippen LogP contribution in [0.3, 0.4) is 0 Å². The second kappa shape index (κ2) is 5.94. The minimum absolute atomic E-state index is 0.190. The van der Waals surface area contributed by atoms with Gasteiger partial charge < -0.3 is 5.32 Å². The van der Waals surface area contributed by atoms with Crippen molar-refractivity contribution < 1.29 is 4.79 Å². The van der Waals surface area contributed by atoms with Crippen LogP contribution in [0.15, 0.2) is 36.7 Å². The number of hydrogen-bond donors (Lipinski definition) is 1. The van der Waals surface area contributed by atoms with Crippen molar-refractivity contribution in [2.24, 2.45) is 5.41 Å². The number of ketones is 1. The van der Waals surface area contributed by atoms with Crippen LogP contribution in [0.2, 0.25) is 0 Å². The van der Waals surface area contributed by atoms with E-state index in [1.807, 2.05) is 30.5 Å². The molecule has 0 unspecified atom stereocenters. The second-order valence-corrected chi connectivity index (χ2v) is 6.01. The molecule has 1 aromatic heterocycles. The fourth-order valence-electron chi connectivity index (χ4n) is 3.57. The Morgan fingerprint density at radius 1 is 1.29 bits per heavy atom. The number of rotatable bonds is 4. The summed E-state index contributed by atoms with van der Waals surface area (Å²) in [6.45, 7) is 4.05. The van der Waals surface area contributed by atoms with Crippen molar-refractivity contribution in [3.05, 3.63) is 42.2 Å². The van der Waals surface area contributed by atoms with Crippen molar-refractivity contribution in [1.82, 2.24) is 10.3 Å². The van der Waals surface area contributed by atoms with Crippen LogP contribution in [0, 0.1) is 5.41 Å². The molecule has 1 aliphatic heterocycles. The highest BCUT2D eigenvalue weighted by Gasteiger charge is 2.39. The predicted octanol–water partition coefficient (Wildman–Crippen LogP) is 3.59. The first-order chi connectivity index (χ1) is 10.3. The summed E-state index contributed by atoms with van der Waals surface area (Å²) in [6, 6.07) is 7.96. The molecule has 110 valence electrons. The minimum atomic E-state index is -0.190. The average Bonchev–Trinajstić information content (AvgIpc) is 2.55. The molecule has 1 aliphatic rings. The number of hydrogen-bond acceptors (Lipinski definition) is 3. The first-order valence-corrected chi connectivity index (χ1v) is 7.85. The molecule has 3 nitrogen and oxygen atoms in total. The van der Waals surface area contributed by atoms with Gasteiger partial charge >= 0.3 is 0 Å². The quantitative estimate of drug-likeness (QED) is 0.871. The standard InChI is InChI=1S/C18H22N2O/c1-2-7-18(8-11-19-12-9-18)17(21)15-5-3-4-14-6-10-20-13-16(14)15/h3-6,10,13,19H,2,7-9,11-12H2,1H3. The van der Waals surface area contributed by atoms with Gasteiger partial charge in [-0.2, -0.15) is 0 Å². The van der Waals surface area contributed by atoms with Crippen molar-refractivity contribution in [3.63, 3.8) is 0 Å². The molecule has 2 aromatic rings. The molecule has 0 atom stereocenters. The Morgan fingerprint density at radius 2 is 2.10 bits per heavy atom. The van der Waals surface area contributed by atoms with Crippen LogP contribution in [0.4, 0.5) is 0 Å². The summed E-state index contributed by atoms with van der Waals surface area (Å²) in [5.74, 6) is 0.310. The van der Waals surface area contributed by atoms with E-state index < -0.39 is 0 Å². The number of pyridine rings is 1. The van der Waals surface area contributed by atoms with E-state index in [1.165, 1.54) is 0 Å². The fourth-order valence-corrected chi connectivity index (χ4v) is 3.57. The maximum atomic E-state index is 13.3. The van der Waals surface area contributed by atoms with E-state index in [9.17, 15) is 4.79 Å². The van der Waals surface area contributed by atoms with Gasteiger partial charge in [0.25, 0.3) is 0 Å². The molecule has 3 heteroatoms. The van der Waals surface area contributed by atoms with Crippen LogP contribution in [-0.2, 0) is 0 Å². The van der Waals surface area contributed by atoms with Crippen LogP contribution in [0.5, 0.6) is 0 Å². The van der Waals surface area contributed by atoms with E-state index in [0.29, 0.717) is 5.78 Å². The van der Waals surface area contributed by atoms with E-state index in [2.05, 4.69) is 17.2 Å². The predicted molar refractivity (Wildman–Crippen MR) is 85.5 cm³/mol. The minimum Gasteiger partial charge on any atom is -0.317 e. The normalized spacial score (nSPS) is 17.8. The number of carbonyl (C=O) groups excluding carboxylic acids is 1. The summed E-state index contributed by atoms with van der Waals surface area (Å²) < 4.78 is 0. The molecule has 21 heavy (non-hydrogen) atoms. The number of nitrogens with zero attached hydrogens (tertiary/aromatic N) is 1. The number of aromatic nitrogens is 1. The smallest absolute Gasteiger partial charge is 0.169 e.